The summed E-state index contributed by atoms with van der Waals surface area (Å²) in [4.78, 5) is 0. The molecule has 0 saturated carbocycles. The number of benzene rings is 1. The van der Waals surface area contributed by atoms with Crippen LogP contribution < -0.4 is 11.1 Å². The molecule has 0 saturated heterocycles. The Morgan fingerprint density at radius 3 is 2.79 bits per heavy atom. The summed E-state index contributed by atoms with van der Waals surface area (Å²) in [5, 5.41) is 3.08. The number of anilines is 1. The standard InChI is InChI=1S/C11H17FN2/c1-8(6-13)7-14-11-9(2)4-3-5-10(11)12/h3-5,8,14H,6-7,13H2,1-2H3. The SMILES string of the molecule is Cc1cccc(F)c1NCC(C)CN. The molecule has 1 atom stereocenters. The van der Waals surface area contributed by atoms with Gasteiger partial charge in [-0.25, -0.2) is 4.39 Å². The lowest BCUT2D eigenvalue weighted by atomic mass is 10.1. The highest BCUT2D eigenvalue weighted by Crippen LogP contribution is 2.18. The molecule has 1 rings (SSSR count). The molecule has 0 fully saturated rings. The van der Waals surface area contributed by atoms with Crippen molar-refractivity contribution >= 4 is 5.69 Å². The minimum atomic E-state index is -0.200. The highest BCUT2D eigenvalue weighted by Gasteiger charge is 2.05. The Morgan fingerprint density at radius 2 is 2.21 bits per heavy atom. The minimum absolute atomic E-state index is 0.200. The van der Waals surface area contributed by atoms with Gasteiger partial charge in [0.1, 0.15) is 5.82 Å². The Morgan fingerprint density at radius 1 is 1.50 bits per heavy atom. The van der Waals surface area contributed by atoms with Crippen molar-refractivity contribution < 1.29 is 4.39 Å². The van der Waals surface area contributed by atoms with Gasteiger partial charge in [-0.15, -0.1) is 0 Å². The number of para-hydroxylation sites is 1. The van der Waals surface area contributed by atoms with Gasteiger partial charge >= 0.3 is 0 Å². The molecule has 0 radical (unpaired) electrons. The molecule has 1 unspecified atom stereocenters. The van der Waals surface area contributed by atoms with Crippen molar-refractivity contribution in [3.63, 3.8) is 0 Å². The number of nitrogens with one attached hydrogen (secondary N) is 1. The van der Waals surface area contributed by atoms with Gasteiger partial charge in [-0.2, -0.15) is 0 Å². The highest BCUT2D eigenvalue weighted by atomic mass is 19.1. The molecular formula is C11H17FN2. The fourth-order valence-electron chi connectivity index (χ4n) is 1.22. The summed E-state index contributed by atoms with van der Waals surface area (Å²) in [6.45, 7) is 5.24. The van der Waals surface area contributed by atoms with Gasteiger partial charge in [-0.1, -0.05) is 19.1 Å². The van der Waals surface area contributed by atoms with Crippen molar-refractivity contribution in [3.8, 4) is 0 Å². The van der Waals surface area contributed by atoms with Crippen LogP contribution >= 0.6 is 0 Å². The Bertz CT molecular complexity index is 279. The van der Waals surface area contributed by atoms with Crippen molar-refractivity contribution in [1.82, 2.24) is 0 Å². The largest absolute Gasteiger partial charge is 0.382 e. The van der Waals surface area contributed by atoms with Crippen molar-refractivity contribution in [1.29, 1.82) is 0 Å². The van der Waals surface area contributed by atoms with Crippen LogP contribution in [0.5, 0.6) is 0 Å². The maximum Gasteiger partial charge on any atom is 0.146 e. The second kappa shape index (κ2) is 4.96. The number of aryl methyl sites for hydroxylation is 1. The van der Waals surface area contributed by atoms with Crippen molar-refractivity contribution in [2.24, 2.45) is 11.7 Å². The van der Waals surface area contributed by atoms with Crippen molar-refractivity contribution in [2.45, 2.75) is 13.8 Å². The molecule has 3 N–H and O–H groups in total. The zero-order valence-electron chi connectivity index (χ0n) is 8.68. The van der Waals surface area contributed by atoms with Gasteiger partial charge in [0.2, 0.25) is 0 Å². The Hall–Kier alpha value is -1.09. The van der Waals surface area contributed by atoms with Crippen LogP contribution in [0.25, 0.3) is 0 Å². The second-order valence-electron chi connectivity index (χ2n) is 3.65. The van der Waals surface area contributed by atoms with E-state index in [4.69, 9.17) is 5.73 Å². The van der Waals surface area contributed by atoms with E-state index in [0.717, 1.165) is 5.56 Å². The lowest BCUT2D eigenvalue weighted by molar-refractivity contribution is 0.608. The van der Waals surface area contributed by atoms with E-state index < -0.39 is 0 Å². The summed E-state index contributed by atoms with van der Waals surface area (Å²) in [6, 6.07) is 5.06. The summed E-state index contributed by atoms with van der Waals surface area (Å²) < 4.78 is 13.3. The fraction of sp³-hybridized carbons (Fsp3) is 0.455. The molecular weight excluding hydrogens is 179 g/mol. The van der Waals surface area contributed by atoms with Crippen LogP contribution in [0.1, 0.15) is 12.5 Å². The Labute approximate surface area is 84.3 Å². The second-order valence-corrected chi connectivity index (χ2v) is 3.65. The van der Waals surface area contributed by atoms with Crippen LogP contribution in [0.15, 0.2) is 18.2 Å². The number of hydrogen-bond donors (Lipinski definition) is 2. The lowest BCUT2D eigenvalue weighted by Crippen LogP contribution is -2.20. The third kappa shape index (κ3) is 2.70. The predicted octanol–water partition coefficient (Wildman–Crippen LogP) is 2.14. The first-order chi connectivity index (χ1) is 6.65. The summed E-state index contributed by atoms with van der Waals surface area (Å²) >= 11 is 0. The van der Waals surface area contributed by atoms with Crippen LogP contribution in [0.2, 0.25) is 0 Å². The lowest BCUT2D eigenvalue weighted by Gasteiger charge is -2.13. The first-order valence-electron chi connectivity index (χ1n) is 4.84. The number of rotatable bonds is 4. The van der Waals surface area contributed by atoms with Gasteiger partial charge in [0.15, 0.2) is 0 Å². The number of nitrogens with two attached hydrogens (primary N) is 1. The van der Waals surface area contributed by atoms with Gasteiger partial charge in [-0.05, 0) is 31.0 Å². The molecule has 0 aromatic heterocycles. The van der Waals surface area contributed by atoms with Crippen molar-refractivity contribution in [2.75, 3.05) is 18.4 Å². The van der Waals surface area contributed by atoms with E-state index in [1.54, 1.807) is 6.07 Å². The van der Waals surface area contributed by atoms with Gasteiger partial charge in [-0.3, -0.25) is 0 Å². The van der Waals surface area contributed by atoms with E-state index in [1.807, 2.05) is 19.9 Å². The summed E-state index contributed by atoms with van der Waals surface area (Å²) in [5.74, 6) is 0.156. The zero-order chi connectivity index (χ0) is 10.6. The quantitative estimate of drug-likeness (QED) is 0.774. The van der Waals surface area contributed by atoms with E-state index in [0.29, 0.717) is 24.7 Å². The molecule has 0 heterocycles. The van der Waals surface area contributed by atoms with Crippen LogP contribution in [0.3, 0.4) is 0 Å². The van der Waals surface area contributed by atoms with E-state index in [-0.39, 0.29) is 5.82 Å². The van der Waals surface area contributed by atoms with Gasteiger partial charge in [0.25, 0.3) is 0 Å². The molecule has 78 valence electrons. The maximum absolute atomic E-state index is 13.3. The smallest absolute Gasteiger partial charge is 0.146 e. The van der Waals surface area contributed by atoms with E-state index in [9.17, 15) is 4.39 Å². The maximum atomic E-state index is 13.3. The molecule has 0 bridgehead atoms. The van der Waals surface area contributed by atoms with Gasteiger partial charge in [0, 0.05) is 6.54 Å². The minimum Gasteiger partial charge on any atom is -0.382 e. The van der Waals surface area contributed by atoms with Crippen LogP contribution in [-0.4, -0.2) is 13.1 Å². The topological polar surface area (TPSA) is 38.0 Å². The predicted molar refractivity (Wildman–Crippen MR) is 57.8 cm³/mol. The molecule has 0 amide bonds. The number of halogens is 1. The van der Waals surface area contributed by atoms with Crippen LogP contribution in [0.4, 0.5) is 10.1 Å². The van der Waals surface area contributed by atoms with Crippen LogP contribution in [0, 0.1) is 18.7 Å². The molecule has 1 aromatic rings. The summed E-state index contributed by atoms with van der Waals surface area (Å²) in [6.07, 6.45) is 0. The van der Waals surface area contributed by atoms with Gasteiger partial charge < -0.3 is 11.1 Å². The van der Waals surface area contributed by atoms with E-state index in [1.165, 1.54) is 6.07 Å². The van der Waals surface area contributed by atoms with Crippen LogP contribution in [-0.2, 0) is 0 Å². The van der Waals surface area contributed by atoms with Gasteiger partial charge in [0.05, 0.1) is 5.69 Å². The van der Waals surface area contributed by atoms with E-state index in [2.05, 4.69) is 5.32 Å². The summed E-state index contributed by atoms with van der Waals surface area (Å²) in [5.41, 5.74) is 6.99. The normalized spacial score (nSPS) is 12.6. The Balaban J connectivity index is 2.66. The molecule has 0 aliphatic rings. The molecule has 1 aromatic carbocycles. The molecule has 0 aliphatic heterocycles. The summed E-state index contributed by atoms with van der Waals surface area (Å²) in [7, 11) is 0. The van der Waals surface area contributed by atoms with Crippen molar-refractivity contribution in [3.05, 3.63) is 29.6 Å². The molecule has 0 aliphatic carbocycles. The monoisotopic (exact) mass is 196 g/mol. The molecule has 3 heteroatoms. The third-order valence-electron chi connectivity index (χ3n) is 2.25. The first-order valence-corrected chi connectivity index (χ1v) is 4.84. The fourth-order valence-corrected chi connectivity index (χ4v) is 1.22. The Kier molecular flexibility index (Phi) is 3.89. The third-order valence-corrected chi connectivity index (χ3v) is 2.25. The average Bonchev–Trinajstić information content (AvgIpc) is 2.16. The molecule has 14 heavy (non-hydrogen) atoms. The number of hydrogen-bond acceptors (Lipinski definition) is 2. The molecule has 0 spiro atoms. The molecule has 2 nitrogen and oxygen atoms in total. The zero-order valence-corrected chi connectivity index (χ0v) is 8.68. The van der Waals surface area contributed by atoms with E-state index >= 15 is 0 Å². The highest BCUT2D eigenvalue weighted by molar-refractivity contribution is 5.51. The first kappa shape index (κ1) is 11.0. The average molecular weight is 196 g/mol.